The van der Waals surface area contributed by atoms with Crippen LogP contribution >= 0.6 is 0 Å². The molecule has 1 aromatic rings. The number of ether oxygens (including phenoxy) is 1. The second-order valence-electron chi connectivity index (χ2n) is 6.18. The molecular weight excluding hydrogens is 236 g/mol. The van der Waals surface area contributed by atoms with Crippen molar-refractivity contribution in [2.75, 3.05) is 26.7 Å². The summed E-state index contributed by atoms with van der Waals surface area (Å²) in [5.74, 6) is 1.01. The molecule has 1 saturated carbocycles. The van der Waals surface area contributed by atoms with Crippen LogP contribution in [0, 0.1) is 0 Å². The number of likely N-dealkylation sites (tertiary alicyclic amines) is 1. The smallest absolute Gasteiger partial charge is 0.124 e. The van der Waals surface area contributed by atoms with E-state index in [0.29, 0.717) is 6.10 Å². The Morgan fingerprint density at radius 2 is 2.05 bits per heavy atom. The zero-order chi connectivity index (χ0) is 13.3. The monoisotopic (exact) mass is 260 g/mol. The van der Waals surface area contributed by atoms with Gasteiger partial charge in [0.2, 0.25) is 0 Å². The number of nitrogens with two attached hydrogens (primary N) is 1. The number of nitrogens with zero attached hydrogens (tertiary/aromatic N) is 1. The maximum absolute atomic E-state index is 6.06. The molecule has 3 nitrogen and oxygen atoms in total. The van der Waals surface area contributed by atoms with Gasteiger partial charge in [-0.15, -0.1) is 0 Å². The lowest BCUT2D eigenvalue weighted by Gasteiger charge is -2.36. The Hall–Kier alpha value is -1.06. The van der Waals surface area contributed by atoms with Gasteiger partial charge in [-0.25, -0.2) is 0 Å². The Morgan fingerprint density at radius 1 is 1.32 bits per heavy atom. The van der Waals surface area contributed by atoms with Crippen molar-refractivity contribution in [1.29, 1.82) is 0 Å². The topological polar surface area (TPSA) is 38.5 Å². The molecule has 2 aliphatic rings. The van der Waals surface area contributed by atoms with Crippen LogP contribution in [0.15, 0.2) is 24.3 Å². The minimum atomic E-state index is 0.204. The summed E-state index contributed by atoms with van der Waals surface area (Å²) in [7, 11) is 2.12. The van der Waals surface area contributed by atoms with E-state index in [1.807, 2.05) is 0 Å². The zero-order valence-corrected chi connectivity index (χ0v) is 11.8. The van der Waals surface area contributed by atoms with Crippen molar-refractivity contribution in [2.45, 2.75) is 37.2 Å². The highest BCUT2D eigenvalue weighted by molar-refractivity contribution is 5.35. The third kappa shape index (κ3) is 2.49. The summed E-state index contributed by atoms with van der Waals surface area (Å²) in [6.45, 7) is 2.82. The van der Waals surface area contributed by atoms with Crippen LogP contribution in [0.4, 0.5) is 0 Å². The molecule has 0 bridgehead atoms. The first-order valence-electron chi connectivity index (χ1n) is 7.38. The number of benzene rings is 1. The van der Waals surface area contributed by atoms with E-state index >= 15 is 0 Å². The third-order valence-corrected chi connectivity index (χ3v) is 4.73. The summed E-state index contributed by atoms with van der Waals surface area (Å²) in [6.07, 6.45) is 5.40. The summed E-state index contributed by atoms with van der Waals surface area (Å²) < 4.78 is 6.03. The molecule has 2 N–H and O–H groups in total. The van der Waals surface area contributed by atoms with Crippen LogP contribution in [0.5, 0.6) is 5.75 Å². The molecule has 104 valence electrons. The average Bonchev–Trinajstić information content (AvgIpc) is 2.87. The van der Waals surface area contributed by atoms with Gasteiger partial charge in [-0.2, -0.15) is 0 Å². The Bertz CT molecular complexity index is 434. The van der Waals surface area contributed by atoms with Gasteiger partial charge in [0.15, 0.2) is 0 Å². The summed E-state index contributed by atoms with van der Waals surface area (Å²) in [6, 6.07) is 8.62. The van der Waals surface area contributed by atoms with Crippen LogP contribution in [-0.2, 0) is 5.41 Å². The van der Waals surface area contributed by atoms with Crippen LogP contribution in [0.25, 0.3) is 0 Å². The van der Waals surface area contributed by atoms with Gasteiger partial charge < -0.3 is 10.5 Å². The average molecular weight is 260 g/mol. The van der Waals surface area contributed by atoms with Crippen molar-refractivity contribution in [2.24, 2.45) is 5.73 Å². The van der Waals surface area contributed by atoms with Crippen molar-refractivity contribution in [3.63, 3.8) is 0 Å². The largest absolute Gasteiger partial charge is 0.488 e. The van der Waals surface area contributed by atoms with Crippen LogP contribution in [-0.4, -0.2) is 37.7 Å². The van der Waals surface area contributed by atoms with E-state index in [1.165, 1.54) is 31.2 Å². The van der Waals surface area contributed by atoms with Gasteiger partial charge in [0, 0.05) is 25.0 Å². The van der Waals surface area contributed by atoms with Gasteiger partial charge >= 0.3 is 0 Å². The van der Waals surface area contributed by atoms with E-state index in [0.717, 1.165) is 25.4 Å². The minimum absolute atomic E-state index is 0.204. The Morgan fingerprint density at radius 3 is 2.68 bits per heavy atom. The Labute approximate surface area is 115 Å². The molecule has 3 rings (SSSR count). The Balaban J connectivity index is 1.75. The van der Waals surface area contributed by atoms with E-state index in [1.54, 1.807) is 0 Å². The maximum atomic E-state index is 6.06. The van der Waals surface area contributed by atoms with Gasteiger partial charge in [-0.05, 0) is 37.6 Å². The van der Waals surface area contributed by atoms with Crippen molar-refractivity contribution in [3.8, 4) is 5.75 Å². The Kier molecular flexibility index (Phi) is 3.50. The number of hydrogen-bond donors (Lipinski definition) is 1. The molecule has 1 saturated heterocycles. The van der Waals surface area contributed by atoms with Crippen molar-refractivity contribution in [3.05, 3.63) is 29.8 Å². The third-order valence-electron chi connectivity index (χ3n) is 4.73. The highest BCUT2D eigenvalue weighted by Crippen LogP contribution is 2.41. The molecule has 0 radical (unpaired) electrons. The predicted molar refractivity (Wildman–Crippen MR) is 77.6 cm³/mol. The van der Waals surface area contributed by atoms with Crippen LogP contribution in [0.3, 0.4) is 0 Å². The summed E-state index contributed by atoms with van der Waals surface area (Å²) in [5.41, 5.74) is 7.64. The van der Waals surface area contributed by atoms with Crippen molar-refractivity contribution >= 4 is 0 Å². The summed E-state index contributed by atoms with van der Waals surface area (Å²) in [4.78, 5) is 2.27. The highest BCUT2D eigenvalue weighted by Gasteiger charge is 2.34. The lowest BCUT2D eigenvalue weighted by molar-refractivity contribution is 0.0387. The maximum Gasteiger partial charge on any atom is 0.124 e. The van der Waals surface area contributed by atoms with Gasteiger partial charge in [-0.3, -0.25) is 4.90 Å². The quantitative estimate of drug-likeness (QED) is 0.901. The molecule has 1 heterocycles. The molecule has 19 heavy (non-hydrogen) atoms. The zero-order valence-electron chi connectivity index (χ0n) is 11.8. The molecule has 0 spiro atoms. The molecule has 0 amide bonds. The second kappa shape index (κ2) is 5.14. The standard InChI is InChI=1S/C16H24N2O/c1-18-10-15(11-18)19-14-6-4-5-13(9-14)16(12-17)7-2-3-8-16/h4-6,9,15H,2-3,7-8,10-12,17H2,1H3. The van der Waals surface area contributed by atoms with Crippen LogP contribution in [0.1, 0.15) is 31.2 Å². The van der Waals surface area contributed by atoms with Gasteiger partial charge in [0.05, 0.1) is 0 Å². The van der Waals surface area contributed by atoms with E-state index in [2.05, 4.69) is 36.2 Å². The number of likely N-dealkylation sites (N-methyl/N-ethyl adjacent to an activating group) is 1. The predicted octanol–water partition coefficient (Wildman–Crippen LogP) is 2.15. The number of rotatable bonds is 4. The molecule has 0 atom stereocenters. The molecule has 1 aliphatic carbocycles. The van der Waals surface area contributed by atoms with E-state index < -0.39 is 0 Å². The van der Waals surface area contributed by atoms with Crippen LogP contribution < -0.4 is 10.5 Å². The lowest BCUT2D eigenvalue weighted by Crippen LogP contribution is -2.51. The fourth-order valence-corrected chi connectivity index (χ4v) is 3.47. The fourth-order valence-electron chi connectivity index (χ4n) is 3.47. The fraction of sp³-hybridized carbons (Fsp3) is 0.625. The van der Waals surface area contributed by atoms with Gasteiger partial charge in [0.25, 0.3) is 0 Å². The molecule has 0 unspecified atom stereocenters. The van der Waals surface area contributed by atoms with E-state index in [9.17, 15) is 0 Å². The first-order chi connectivity index (χ1) is 9.22. The van der Waals surface area contributed by atoms with Crippen LogP contribution in [0.2, 0.25) is 0 Å². The summed E-state index contributed by atoms with van der Waals surface area (Å²) >= 11 is 0. The lowest BCUT2D eigenvalue weighted by atomic mass is 9.79. The molecular formula is C16H24N2O. The molecule has 1 aromatic carbocycles. The summed E-state index contributed by atoms with van der Waals surface area (Å²) in [5, 5.41) is 0. The van der Waals surface area contributed by atoms with Crippen molar-refractivity contribution in [1.82, 2.24) is 4.90 Å². The molecule has 0 aromatic heterocycles. The normalized spacial score (nSPS) is 23.3. The molecule has 2 fully saturated rings. The highest BCUT2D eigenvalue weighted by atomic mass is 16.5. The van der Waals surface area contributed by atoms with E-state index in [4.69, 9.17) is 10.5 Å². The number of hydrogen-bond acceptors (Lipinski definition) is 3. The second-order valence-corrected chi connectivity index (χ2v) is 6.18. The minimum Gasteiger partial charge on any atom is -0.488 e. The van der Waals surface area contributed by atoms with Crippen molar-refractivity contribution < 1.29 is 4.74 Å². The van der Waals surface area contributed by atoms with Gasteiger partial charge in [-0.1, -0.05) is 25.0 Å². The molecule has 3 heteroatoms. The molecule has 1 aliphatic heterocycles. The SMILES string of the molecule is CN1CC(Oc2cccc(C3(CN)CCCC3)c2)C1. The first kappa shape index (κ1) is 12.9. The van der Waals surface area contributed by atoms with E-state index in [-0.39, 0.29) is 5.41 Å². The first-order valence-corrected chi connectivity index (χ1v) is 7.38. The van der Waals surface area contributed by atoms with Gasteiger partial charge in [0.1, 0.15) is 11.9 Å².